The lowest BCUT2D eigenvalue weighted by atomic mass is 10.2. The molecule has 0 spiro atoms. The predicted octanol–water partition coefficient (Wildman–Crippen LogP) is 0.937. The first-order valence-corrected chi connectivity index (χ1v) is 7.94. The smallest absolute Gasteiger partial charge is 0.318 e. The van der Waals surface area contributed by atoms with E-state index in [4.69, 9.17) is 4.42 Å². The summed E-state index contributed by atoms with van der Waals surface area (Å²) < 4.78 is 5.47. The quantitative estimate of drug-likeness (QED) is 0.766. The molecule has 8 nitrogen and oxygen atoms in total. The van der Waals surface area contributed by atoms with Crippen LogP contribution in [0.5, 0.6) is 0 Å². The van der Waals surface area contributed by atoms with E-state index in [9.17, 15) is 4.79 Å². The number of nitrogens with zero attached hydrogens (tertiary/aromatic N) is 5. The molecule has 1 aliphatic rings. The molecule has 0 radical (unpaired) electrons. The summed E-state index contributed by atoms with van der Waals surface area (Å²) >= 11 is 0. The van der Waals surface area contributed by atoms with Crippen LogP contribution in [-0.4, -0.2) is 51.2 Å². The number of para-hydroxylation sites is 1. The standard InChI is InChI=1S/C16H18N6O2/c1-11-19-20-16(24-11)22-8-6-21(7-9-22)10-14-17-13-5-3-2-4-12(13)15(23)18-14/h2-5H,6-10H2,1H3,(H,17,18,23). The molecule has 0 bridgehead atoms. The molecule has 0 aliphatic carbocycles. The molecule has 2 aromatic heterocycles. The van der Waals surface area contributed by atoms with Crippen molar-refractivity contribution in [3.05, 3.63) is 46.3 Å². The van der Waals surface area contributed by atoms with E-state index in [0.717, 1.165) is 31.7 Å². The maximum atomic E-state index is 12.1. The first kappa shape index (κ1) is 14.8. The highest BCUT2D eigenvalue weighted by atomic mass is 16.4. The summed E-state index contributed by atoms with van der Waals surface area (Å²) in [5, 5.41) is 8.54. The number of nitrogens with one attached hydrogen (secondary N) is 1. The molecule has 1 N–H and O–H groups in total. The van der Waals surface area contributed by atoms with Gasteiger partial charge in [-0.3, -0.25) is 9.69 Å². The van der Waals surface area contributed by atoms with E-state index in [1.807, 2.05) is 18.2 Å². The fourth-order valence-corrected chi connectivity index (χ4v) is 2.93. The first-order chi connectivity index (χ1) is 11.7. The van der Waals surface area contributed by atoms with E-state index in [0.29, 0.717) is 29.7 Å². The number of aromatic amines is 1. The Kier molecular flexibility index (Phi) is 3.73. The number of hydrogen-bond donors (Lipinski definition) is 1. The number of benzene rings is 1. The lowest BCUT2D eigenvalue weighted by Crippen LogP contribution is -2.46. The van der Waals surface area contributed by atoms with Gasteiger partial charge in [0.2, 0.25) is 5.89 Å². The van der Waals surface area contributed by atoms with Crippen LogP contribution < -0.4 is 10.5 Å². The molecule has 1 aliphatic heterocycles. The third-order valence-corrected chi connectivity index (χ3v) is 4.19. The molecule has 0 saturated carbocycles. The molecule has 1 saturated heterocycles. The van der Waals surface area contributed by atoms with E-state index >= 15 is 0 Å². The molecule has 24 heavy (non-hydrogen) atoms. The average molecular weight is 326 g/mol. The Labute approximate surface area is 138 Å². The van der Waals surface area contributed by atoms with Crippen molar-refractivity contribution in [3.8, 4) is 0 Å². The first-order valence-electron chi connectivity index (χ1n) is 7.94. The number of H-pyrrole nitrogens is 1. The van der Waals surface area contributed by atoms with Crippen LogP contribution in [0.15, 0.2) is 33.5 Å². The Bertz CT molecular complexity index is 910. The van der Waals surface area contributed by atoms with Crippen LogP contribution in [0, 0.1) is 6.92 Å². The molecule has 4 rings (SSSR count). The van der Waals surface area contributed by atoms with Crippen molar-refractivity contribution in [1.82, 2.24) is 25.1 Å². The molecule has 3 aromatic rings. The van der Waals surface area contributed by atoms with Crippen molar-refractivity contribution >= 4 is 16.9 Å². The van der Waals surface area contributed by atoms with Crippen LogP contribution in [-0.2, 0) is 6.54 Å². The summed E-state index contributed by atoms with van der Waals surface area (Å²) in [6.07, 6.45) is 0. The normalized spacial score (nSPS) is 16.0. The average Bonchev–Trinajstić information content (AvgIpc) is 3.02. The zero-order valence-corrected chi connectivity index (χ0v) is 13.4. The highest BCUT2D eigenvalue weighted by Crippen LogP contribution is 2.15. The second-order valence-electron chi connectivity index (χ2n) is 5.90. The molecule has 8 heteroatoms. The third-order valence-electron chi connectivity index (χ3n) is 4.19. The number of piperazine rings is 1. The van der Waals surface area contributed by atoms with Crippen molar-refractivity contribution in [1.29, 1.82) is 0 Å². The van der Waals surface area contributed by atoms with Crippen molar-refractivity contribution in [2.45, 2.75) is 13.5 Å². The molecule has 3 heterocycles. The number of anilines is 1. The van der Waals surface area contributed by atoms with Crippen LogP contribution in [0.25, 0.3) is 10.9 Å². The summed E-state index contributed by atoms with van der Waals surface area (Å²) in [6.45, 7) is 5.71. The lowest BCUT2D eigenvalue weighted by molar-refractivity contribution is 0.239. The number of hydrogen-bond acceptors (Lipinski definition) is 7. The van der Waals surface area contributed by atoms with Crippen molar-refractivity contribution in [2.24, 2.45) is 0 Å². The zero-order valence-electron chi connectivity index (χ0n) is 13.4. The number of fused-ring (bicyclic) bond motifs is 1. The molecule has 0 atom stereocenters. The van der Waals surface area contributed by atoms with Gasteiger partial charge in [-0.2, -0.15) is 0 Å². The van der Waals surface area contributed by atoms with Gasteiger partial charge in [-0.1, -0.05) is 17.2 Å². The van der Waals surface area contributed by atoms with Gasteiger partial charge in [0.1, 0.15) is 5.82 Å². The fraction of sp³-hybridized carbons (Fsp3) is 0.375. The van der Waals surface area contributed by atoms with Crippen molar-refractivity contribution < 1.29 is 4.42 Å². The van der Waals surface area contributed by atoms with E-state index in [-0.39, 0.29) is 5.56 Å². The van der Waals surface area contributed by atoms with E-state index in [1.165, 1.54) is 0 Å². The second kappa shape index (κ2) is 6.04. The lowest BCUT2D eigenvalue weighted by Gasteiger charge is -2.33. The van der Waals surface area contributed by atoms with E-state index in [2.05, 4.69) is 30.0 Å². The summed E-state index contributed by atoms with van der Waals surface area (Å²) in [5.74, 6) is 1.27. The van der Waals surface area contributed by atoms with Gasteiger partial charge in [-0.15, -0.1) is 5.10 Å². The van der Waals surface area contributed by atoms with Gasteiger partial charge < -0.3 is 14.3 Å². The molecule has 1 aromatic carbocycles. The third kappa shape index (κ3) is 2.88. The Morgan fingerprint density at radius 3 is 2.71 bits per heavy atom. The molecular weight excluding hydrogens is 308 g/mol. The van der Waals surface area contributed by atoms with Crippen LogP contribution in [0.3, 0.4) is 0 Å². The van der Waals surface area contributed by atoms with Gasteiger partial charge in [-0.05, 0) is 12.1 Å². The largest absolute Gasteiger partial charge is 0.408 e. The number of aromatic nitrogens is 4. The van der Waals surface area contributed by atoms with Crippen LogP contribution in [0.2, 0.25) is 0 Å². The van der Waals surface area contributed by atoms with Crippen molar-refractivity contribution in [2.75, 3.05) is 31.1 Å². The maximum absolute atomic E-state index is 12.1. The Morgan fingerprint density at radius 2 is 1.96 bits per heavy atom. The second-order valence-corrected chi connectivity index (χ2v) is 5.90. The summed E-state index contributed by atoms with van der Waals surface area (Å²) in [4.78, 5) is 23.9. The van der Waals surface area contributed by atoms with Gasteiger partial charge >= 0.3 is 6.01 Å². The Balaban J connectivity index is 1.44. The molecule has 1 fully saturated rings. The van der Waals surface area contributed by atoms with Crippen molar-refractivity contribution in [3.63, 3.8) is 0 Å². The Hall–Kier alpha value is -2.74. The zero-order chi connectivity index (χ0) is 16.5. The summed E-state index contributed by atoms with van der Waals surface area (Å²) in [5.41, 5.74) is 0.645. The van der Waals surface area contributed by atoms with Crippen LogP contribution in [0.4, 0.5) is 6.01 Å². The minimum atomic E-state index is -0.0874. The number of aryl methyl sites for hydroxylation is 1. The monoisotopic (exact) mass is 326 g/mol. The molecular formula is C16H18N6O2. The van der Waals surface area contributed by atoms with E-state index in [1.54, 1.807) is 13.0 Å². The van der Waals surface area contributed by atoms with Crippen LogP contribution in [0.1, 0.15) is 11.7 Å². The molecule has 0 unspecified atom stereocenters. The van der Waals surface area contributed by atoms with Crippen LogP contribution >= 0.6 is 0 Å². The Morgan fingerprint density at radius 1 is 1.17 bits per heavy atom. The highest BCUT2D eigenvalue weighted by molar-refractivity contribution is 5.77. The fourth-order valence-electron chi connectivity index (χ4n) is 2.93. The van der Waals surface area contributed by atoms with Gasteiger partial charge in [0.15, 0.2) is 0 Å². The van der Waals surface area contributed by atoms with Gasteiger partial charge in [-0.25, -0.2) is 4.98 Å². The van der Waals surface area contributed by atoms with E-state index < -0.39 is 0 Å². The molecule has 0 amide bonds. The summed E-state index contributed by atoms with van der Waals surface area (Å²) in [7, 11) is 0. The minimum Gasteiger partial charge on any atom is -0.408 e. The maximum Gasteiger partial charge on any atom is 0.318 e. The summed E-state index contributed by atoms with van der Waals surface area (Å²) in [6, 6.07) is 7.96. The predicted molar refractivity (Wildman–Crippen MR) is 88.9 cm³/mol. The minimum absolute atomic E-state index is 0.0874. The highest BCUT2D eigenvalue weighted by Gasteiger charge is 2.21. The van der Waals surface area contributed by atoms with Gasteiger partial charge in [0.25, 0.3) is 5.56 Å². The SMILES string of the molecule is Cc1nnc(N2CCN(Cc3nc4ccccc4c(=O)[nH]3)CC2)o1. The topological polar surface area (TPSA) is 91.2 Å². The number of rotatable bonds is 3. The van der Waals surface area contributed by atoms with Gasteiger partial charge in [0, 0.05) is 33.1 Å². The van der Waals surface area contributed by atoms with Gasteiger partial charge in [0.05, 0.1) is 17.4 Å². The molecule has 124 valence electrons.